The molecule has 0 saturated heterocycles. The number of fused-ring (bicyclic) bond motifs is 4. The molecule has 7 rings (SSSR count). The Morgan fingerprint density at radius 1 is 1.17 bits per heavy atom. The van der Waals surface area contributed by atoms with Crippen LogP contribution in [0.15, 0.2) is 71.5 Å². The number of benzene rings is 2. The minimum absolute atomic E-state index is 0.0114. The lowest BCUT2D eigenvalue weighted by molar-refractivity contribution is 0.0131. The standard InChI is InChI=1S/C36H42ClN5O4S/c1-24-5-3-7-32(45-2)29-11-8-27(29)20-42-22-36(14-4-6-25-17-28(37)10-12-30(25)36)23-46-33-13-9-26(18-31(33)42)35(43)41-47(44,21-24)40-34-19-38-15-16-39-34/h3,7,9-10,12-13,15-19,24,27,29,32H,4-6,8,11,14,20-23H2,1-2H3,(H,39,40,41,43,44)/b7-3+/t24-,27-,29+,32-,36-,47?/m0/s1. The Morgan fingerprint density at radius 3 is 2.85 bits per heavy atom. The van der Waals surface area contributed by atoms with Gasteiger partial charge in [-0.25, -0.2) is 9.19 Å². The maximum atomic E-state index is 14.4. The number of methoxy groups -OCH3 is 1. The molecule has 1 spiro atoms. The number of anilines is 2. The molecule has 0 radical (unpaired) electrons. The van der Waals surface area contributed by atoms with Gasteiger partial charge in [0, 0.05) is 48.6 Å². The molecule has 4 aliphatic rings. The first-order valence-electron chi connectivity index (χ1n) is 16.6. The monoisotopic (exact) mass is 675 g/mol. The largest absolute Gasteiger partial charge is 0.490 e. The summed E-state index contributed by atoms with van der Waals surface area (Å²) in [5, 5.41) is 0.756. The zero-order valence-corrected chi connectivity index (χ0v) is 28.5. The van der Waals surface area contributed by atoms with Crippen LogP contribution in [0.3, 0.4) is 0 Å². The van der Waals surface area contributed by atoms with Crippen molar-refractivity contribution in [2.24, 2.45) is 22.1 Å². The van der Waals surface area contributed by atoms with Crippen molar-refractivity contribution in [3.63, 3.8) is 0 Å². The second kappa shape index (κ2) is 13.2. The van der Waals surface area contributed by atoms with Crippen molar-refractivity contribution in [3.8, 4) is 5.75 Å². The van der Waals surface area contributed by atoms with Gasteiger partial charge < -0.3 is 14.4 Å². The predicted octanol–water partition coefficient (Wildman–Crippen LogP) is 6.88. The molecule has 11 heteroatoms. The highest BCUT2D eigenvalue weighted by Gasteiger charge is 2.44. The van der Waals surface area contributed by atoms with Gasteiger partial charge in [0.2, 0.25) is 0 Å². The summed E-state index contributed by atoms with van der Waals surface area (Å²) in [5.74, 6) is 1.45. The number of rotatable bonds is 3. The van der Waals surface area contributed by atoms with Gasteiger partial charge in [-0.3, -0.25) is 14.5 Å². The maximum absolute atomic E-state index is 14.4. The van der Waals surface area contributed by atoms with Gasteiger partial charge in [0.15, 0.2) is 5.82 Å². The van der Waals surface area contributed by atoms with Crippen LogP contribution in [0.1, 0.15) is 60.5 Å². The van der Waals surface area contributed by atoms with Crippen molar-refractivity contribution >= 4 is 38.9 Å². The zero-order chi connectivity index (χ0) is 32.6. The predicted molar refractivity (Wildman–Crippen MR) is 186 cm³/mol. The van der Waals surface area contributed by atoms with Crippen LogP contribution in [-0.4, -0.2) is 58.7 Å². The van der Waals surface area contributed by atoms with E-state index in [0.717, 1.165) is 61.7 Å². The third-order valence-electron chi connectivity index (χ3n) is 10.3. The number of ether oxygens (including phenoxy) is 2. The topological polar surface area (TPSA) is 106 Å². The molecule has 2 aromatic carbocycles. The minimum Gasteiger partial charge on any atom is -0.490 e. The Labute approximate surface area is 282 Å². The van der Waals surface area contributed by atoms with Gasteiger partial charge in [-0.15, -0.1) is 4.36 Å². The number of nitrogens with zero attached hydrogens (tertiary/aromatic N) is 4. The lowest BCUT2D eigenvalue weighted by Gasteiger charge is -2.46. The summed E-state index contributed by atoms with van der Waals surface area (Å²) in [6.45, 7) is 4.12. The van der Waals surface area contributed by atoms with E-state index < -0.39 is 15.8 Å². The normalized spacial score (nSPS) is 31.3. The van der Waals surface area contributed by atoms with E-state index in [4.69, 9.17) is 21.1 Å². The molecule has 3 heterocycles. The summed E-state index contributed by atoms with van der Waals surface area (Å²) in [6, 6.07) is 11.8. The van der Waals surface area contributed by atoms with Crippen molar-refractivity contribution in [1.29, 1.82) is 0 Å². The summed E-state index contributed by atoms with van der Waals surface area (Å²) in [6.07, 6.45) is 14.8. The Balaban J connectivity index is 1.32. The van der Waals surface area contributed by atoms with Crippen molar-refractivity contribution in [2.45, 2.75) is 57.0 Å². The molecule has 1 saturated carbocycles. The van der Waals surface area contributed by atoms with Crippen LogP contribution in [0, 0.1) is 17.8 Å². The number of carbonyl (C=O) groups excluding carboxylic acids is 1. The first-order chi connectivity index (χ1) is 22.7. The Hall–Kier alpha value is -3.47. The summed E-state index contributed by atoms with van der Waals surface area (Å²) in [7, 11) is -1.46. The molecule has 3 aromatic rings. The third-order valence-corrected chi connectivity index (χ3v) is 12.6. The molecule has 47 heavy (non-hydrogen) atoms. The van der Waals surface area contributed by atoms with E-state index >= 15 is 0 Å². The van der Waals surface area contributed by atoms with E-state index in [2.05, 4.69) is 48.2 Å². The fraction of sp³-hybridized carbons (Fsp3) is 0.472. The van der Waals surface area contributed by atoms with Gasteiger partial charge >= 0.3 is 0 Å². The van der Waals surface area contributed by atoms with E-state index in [0.29, 0.717) is 36.2 Å². The maximum Gasteiger partial charge on any atom is 0.286 e. The summed E-state index contributed by atoms with van der Waals surface area (Å²) >= 11 is 6.45. The fourth-order valence-corrected chi connectivity index (χ4v) is 9.99. The van der Waals surface area contributed by atoms with E-state index in [1.54, 1.807) is 19.4 Å². The van der Waals surface area contributed by atoms with Gasteiger partial charge in [0.05, 0.1) is 30.3 Å². The van der Waals surface area contributed by atoms with E-state index in [1.807, 2.05) is 25.1 Å². The number of carbonyl (C=O) groups is 1. The molecule has 2 aliphatic heterocycles. The molecule has 248 valence electrons. The van der Waals surface area contributed by atoms with E-state index in [9.17, 15) is 9.00 Å². The lowest BCUT2D eigenvalue weighted by atomic mass is 9.68. The molecule has 1 fully saturated rings. The first kappa shape index (κ1) is 32.1. The van der Waals surface area contributed by atoms with Crippen LogP contribution in [0.5, 0.6) is 5.75 Å². The highest BCUT2D eigenvalue weighted by Crippen LogP contribution is 2.47. The lowest BCUT2D eigenvalue weighted by Crippen LogP contribution is -2.49. The van der Waals surface area contributed by atoms with Gasteiger partial charge in [-0.05, 0) is 97.7 Å². The molecule has 1 unspecified atom stereocenters. The highest BCUT2D eigenvalue weighted by molar-refractivity contribution is 7.95. The zero-order valence-electron chi connectivity index (χ0n) is 26.9. The number of hydrogen-bond acceptors (Lipinski definition) is 7. The summed E-state index contributed by atoms with van der Waals surface area (Å²) in [4.78, 5) is 24.6. The van der Waals surface area contributed by atoms with Crippen molar-refractivity contribution in [3.05, 3.63) is 88.9 Å². The van der Waals surface area contributed by atoms with Crippen LogP contribution >= 0.6 is 11.6 Å². The number of halogens is 1. The molecule has 2 bridgehead atoms. The number of allylic oxidation sites excluding steroid dienone is 1. The quantitative estimate of drug-likeness (QED) is 0.302. The van der Waals surface area contributed by atoms with Crippen LogP contribution in [-0.2, 0) is 26.5 Å². The number of hydrogen-bond donors (Lipinski definition) is 1. The molecular formula is C36H42ClN5O4S. The third kappa shape index (κ3) is 6.65. The molecule has 2 aliphatic carbocycles. The Bertz CT molecular complexity index is 1800. The SMILES string of the molecule is CO[C@H]1/C=C/C[C@H](C)CS(=O)(Nc2cnccn2)=NC(=O)c2ccc3c(c2)N(C[C@@H]2CC[C@H]21)C[C@@]1(CCCc2cc(Cl)ccc21)CO3. The first-order valence-corrected chi connectivity index (χ1v) is 18.6. The fourth-order valence-electron chi connectivity index (χ4n) is 7.88. The minimum atomic E-state index is -3.24. The van der Waals surface area contributed by atoms with Crippen molar-refractivity contribution < 1.29 is 18.5 Å². The van der Waals surface area contributed by atoms with Crippen LogP contribution < -0.4 is 14.4 Å². The number of amides is 1. The van der Waals surface area contributed by atoms with Gasteiger partial charge in [0.25, 0.3) is 5.91 Å². The van der Waals surface area contributed by atoms with Gasteiger partial charge in [-0.2, -0.15) is 0 Å². The Morgan fingerprint density at radius 2 is 2.06 bits per heavy atom. The Kier molecular flexibility index (Phi) is 9.02. The number of nitrogens with one attached hydrogen (secondary N) is 1. The smallest absolute Gasteiger partial charge is 0.286 e. The summed E-state index contributed by atoms with van der Waals surface area (Å²) in [5.41, 5.74) is 3.60. The number of aromatic nitrogens is 2. The van der Waals surface area contributed by atoms with E-state index in [1.165, 1.54) is 23.5 Å². The van der Waals surface area contributed by atoms with Crippen molar-refractivity contribution in [1.82, 2.24) is 9.97 Å². The number of aryl methyl sites for hydroxylation is 1. The second-order valence-corrected chi connectivity index (χ2v) is 16.1. The molecular weight excluding hydrogens is 634 g/mol. The summed E-state index contributed by atoms with van der Waals surface area (Å²) < 4.78 is 34.4. The molecule has 1 N–H and O–H groups in total. The van der Waals surface area contributed by atoms with E-state index in [-0.39, 0.29) is 23.2 Å². The van der Waals surface area contributed by atoms with Gasteiger partial charge in [0.1, 0.15) is 15.7 Å². The van der Waals surface area contributed by atoms with Gasteiger partial charge in [-0.1, -0.05) is 36.7 Å². The second-order valence-electron chi connectivity index (χ2n) is 13.7. The molecule has 1 aromatic heterocycles. The molecule has 9 nitrogen and oxygen atoms in total. The van der Waals surface area contributed by atoms with Crippen molar-refractivity contribution in [2.75, 3.05) is 42.2 Å². The van der Waals surface area contributed by atoms with Crippen LogP contribution in [0.25, 0.3) is 0 Å². The highest BCUT2D eigenvalue weighted by atomic mass is 35.5. The average Bonchev–Trinajstić information content (AvgIpc) is 3.19. The average molecular weight is 676 g/mol. The van der Waals surface area contributed by atoms with Crippen LogP contribution in [0.4, 0.5) is 11.5 Å². The molecule has 6 atom stereocenters. The molecule has 1 amide bonds. The van der Waals surface area contributed by atoms with Crippen LogP contribution in [0.2, 0.25) is 5.02 Å².